The first-order chi connectivity index (χ1) is 17.4. The Morgan fingerprint density at radius 3 is 2.58 bits per heavy atom. The Bertz CT molecular complexity index is 1200. The van der Waals surface area contributed by atoms with Crippen LogP contribution in [0.1, 0.15) is 80.3 Å². The number of amides is 2. The van der Waals surface area contributed by atoms with Crippen molar-refractivity contribution in [2.24, 2.45) is 10.9 Å². The highest BCUT2D eigenvalue weighted by Crippen LogP contribution is 2.36. The average molecular weight is 492 g/mol. The molecule has 5 rings (SSSR count). The number of nitrogens with zero attached hydrogens (tertiary/aromatic N) is 4. The van der Waals surface area contributed by atoms with Crippen molar-refractivity contribution < 1.29 is 14.7 Å². The van der Waals surface area contributed by atoms with Gasteiger partial charge < -0.3 is 15.3 Å². The van der Waals surface area contributed by atoms with E-state index in [-0.39, 0.29) is 25.0 Å². The number of aliphatic hydroxyl groups is 1. The second-order valence-corrected chi connectivity index (χ2v) is 10.6. The number of likely N-dealkylation sites (tertiary alicyclic amines) is 1. The summed E-state index contributed by atoms with van der Waals surface area (Å²) in [6, 6.07) is 4.67. The van der Waals surface area contributed by atoms with Gasteiger partial charge in [0, 0.05) is 24.2 Å². The number of piperidine rings is 1. The summed E-state index contributed by atoms with van der Waals surface area (Å²) in [5.41, 5.74) is 4.48. The molecule has 2 aliphatic heterocycles. The lowest BCUT2D eigenvalue weighted by Gasteiger charge is -2.32. The fraction of sp³-hybridized carbons (Fsp3) is 0.571. The van der Waals surface area contributed by atoms with Gasteiger partial charge in [-0.3, -0.25) is 14.3 Å². The Morgan fingerprint density at radius 1 is 1.14 bits per heavy atom. The highest BCUT2D eigenvalue weighted by Gasteiger charge is 2.28. The van der Waals surface area contributed by atoms with E-state index in [2.05, 4.69) is 26.0 Å². The van der Waals surface area contributed by atoms with E-state index in [0.717, 1.165) is 55.2 Å². The van der Waals surface area contributed by atoms with Gasteiger partial charge in [-0.25, -0.2) is 4.99 Å². The zero-order chi connectivity index (χ0) is 25.2. The Labute approximate surface area is 212 Å². The first kappa shape index (κ1) is 24.8. The van der Waals surface area contributed by atoms with E-state index in [1.165, 1.54) is 18.4 Å². The summed E-state index contributed by atoms with van der Waals surface area (Å²) in [5, 5.41) is 17.9. The average Bonchev–Trinajstić information content (AvgIpc) is 3.53. The lowest BCUT2D eigenvalue weighted by atomic mass is 9.87. The number of dihydropyridines is 1. The molecule has 0 bridgehead atoms. The maximum Gasteiger partial charge on any atom is 0.254 e. The number of rotatable bonds is 7. The van der Waals surface area contributed by atoms with E-state index in [4.69, 9.17) is 5.10 Å². The summed E-state index contributed by atoms with van der Waals surface area (Å²) in [7, 11) is 0. The molecule has 2 aromatic rings. The third-order valence-electron chi connectivity index (χ3n) is 8.17. The summed E-state index contributed by atoms with van der Waals surface area (Å²) in [6.07, 6.45) is 10.4. The van der Waals surface area contributed by atoms with Gasteiger partial charge in [-0.05, 0) is 82.3 Å². The van der Waals surface area contributed by atoms with Gasteiger partial charge in [0.15, 0.2) is 0 Å². The number of aromatic nitrogens is 2. The minimum absolute atomic E-state index is 0.169. The van der Waals surface area contributed by atoms with Crippen LogP contribution in [0.3, 0.4) is 0 Å². The van der Waals surface area contributed by atoms with Crippen molar-refractivity contribution in [1.82, 2.24) is 20.0 Å². The van der Waals surface area contributed by atoms with Crippen LogP contribution in [0.2, 0.25) is 0 Å². The number of aliphatic hydroxyl groups excluding tert-OH is 1. The van der Waals surface area contributed by atoms with E-state index >= 15 is 0 Å². The minimum atomic E-state index is -0.423. The fourth-order valence-electron chi connectivity index (χ4n) is 6.11. The molecule has 192 valence electrons. The number of carbonyl (C=O) groups is 2. The summed E-state index contributed by atoms with van der Waals surface area (Å²) in [6.45, 7) is 6.76. The molecule has 1 aromatic carbocycles. The fourth-order valence-corrected chi connectivity index (χ4v) is 6.11. The summed E-state index contributed by atoms with van der Waals surface area (Å²) >= 11 is 0. The molecule has 8 nitrogen and oxygen atoms in total. The first-order valence-electron chi connectivity index (χ1n) is 13.3. The number of hydrogen-bond donors (Lipinski definition) is 2. The first-order valence-corrected chi connectivity index (χ1v) is 13.3. The zero-order valence-corrected chi connectivity index (χ0v) is 21.4. The molecule has 0 spiro atoms. The van der Waals surface area contributed by atoms with Gasteiger partial charge >= 0.3 is 0 Å². The van der Waals surface area contributed by atoms with Crippen molar-refractivity contribution in [3.63, 3.8) is 0 Å². The van der Waals surface area contributed by atoms with Gasteiger partial charge in [0.1, 0.15) is 0 Å². The molecule has 0 radical (unpaired) electrons. The standard InChI is InChI=1S/C28H37N5O3/c1-18-13-19(2)31-28(36)24(18)16-29-27(35)23-14-21(20-7-9-32(10-8-20)11-12-34)15-26-25(23)17-30-33(26)22-5-3-4-6-22/h13-15,17,20,22,24,34H,3-12,16H2,1-2H3,(H,29,35). The number of β-amino-alcohol motifs (C(OH)–C–C–N with tert-alkyl or cyclic N) is 1. The van der Waals surface area contributed by atoms with Crippen molar-refractivity contribution in [3.8, 4) is 0 Å². The van der Waals surface area contributed by atoms with Crippen LogP contribution < -0.4 is 5.32 Å². The third-order valence-corrected chi connectivity index (χ3v) is 8.17. The Balaban J connectivity index is 1.43. The van der Waals surface area contributed by atoms with Crippen molar-refractivity contribution in [3.05, 3.63) is 41.1 Å². The van der Waals surface area contributed by atoms with Gasteiger partial charge in [0.2, 0.25) is 0 Å². The number of allylic oxidation sites excluding steroid dienone is 1. The molecule has 2 N–H and O–H groups in total. The van der Waals surface area contributed by atoms with Crippen LogP contribution in [-0.4, -0.2) is 70.1 Å². The molecule has 1 unspecified atom stereocenters. The van der Waals surface area contributed by atoms with Crippen LogP contribution in [0.25, 0.3) is 10.9 Å². The predicted octanol–water partition coefficient (Wildman–Crippen LogP) is 3.62. The van der Waals surface area contributed by atoms with Crippen molar-refractivity contribution in [2.45, 2.75) is 64.3 Å². The van der Waals surface area contributed by atoms with E-state index < -0.39 is 5.92 Å². The Morgan fingerprint density at radius 2 is 1.89 bits per heavy atom. The topological polar surface area (TPSA) is 99.8 Å². The maximum atomic E-state index is 13.5. The highest BCUT2D eigenvalue weighted by molar-refractivity contribution is 6.08. The lowest BCUT2D eigenvalue weighted by molar-refractivity contribution is -0.120. The number of benzene rings is 1. The van der Waals surface area contributed by atoms with Crippen molar-refractivity contribution in [1.29, 1.82) is 0 Å². The van der Waals surface area contributed by atoms with E-state index in [9.17, 15) is 14.7 Å². The molecule has 2 fully saturated rings. The normalized spacial score (nSPS) is 22.2. The molecule has 1 atom stereocenters. The van der Waals surface area contributed by atoms with E-state index in [1.807, 2.05) is 32.2 Å². The number of hydrogen-bond acceptors (Lipinski definition) is 5. The molecule has 3 heterocycles. The largest absolute Gasteiger partial charge is 0.395 e. The molecule has 1 saturated heterocycles. The van der Waals surface area contributed by atoms with E-state index in [1.54, 1.807) is 0 Å². The van der Waals surface area contributed by atoms with Crippen molar-refractivity contribution in [2.75, 3.05) is 32.8 Å². The van der Waals surface area contributed by atoms with Gasteiger partial charge in [0.05, 0.1) is 35.8 Å². The van der Waals surface area contributed by atoms with Gasteiger partial charge in [0.25, 0.3) is 11.8 Å². The molecule has 2 amide bonds. The minimum Gasteiger partial charge on any atom is -0.395 e. The van der Waals surface area contributed by atoms with Crippen LogP contribution in [0, 0.1) is 5.92 Å². The van der Waals surface area contributed by atoms with Crippen molar-refractivity contribution >= 4 is 28.4 Å². The quantitative estimate of drug-likeness (QED) is 0.616. The Kier molecular flexibility index (Phi) is 7.34. The molecule has 1 aromatic heterocycles. The number of fused-ring (bicyclic) bond motifs is 1. The van der Waals surface area contributed by atoms with Crippen LogP contribution in [-0.2, 0) is 4.79 Å². The smallest absolute Gasteiger partial charge is 0.254 e. The molecule has 1 saturated carbocycles. The maximum absolute atomic E-state index is 13.5. The number of carbonyl (C=O) groups excluding carboxylic acids is 2. The molecular formula is C28H37N5O3. The monoisotopic (exact) mass is 491 g/mol. The van der Waals surface area contributed by atoms with Gasteiger partial charge in [-0.1, -0.05) is 18.4 Å². The van der Waals surface area contributed by atoms with Gasteiger partial charge in [-0.2, -0.15) is 5.10 Å². The van der Waals surface area contributed by atoms with Crippen LogP contribution in [0.15, 0.2) is 35.0 Å². The van der Waals surface area contributed by atoms with Gasteiger partial charge in [-0.15, -0.1) is 0 Å². The molecule has 1 aliphatic carbocycles. The highest BCUT2D eigenvalue weighted by atomic mass is 16.3. The zero-order valence-electron chi connectivity index (χ0n) is 21.4. The number of aliphatic imine (C=N–C) groups is 1. The van der Waals surface area contributed by atoms with Crippen LogP contribution in [0.4, 0.5) is 0 Å². The predicted molar refractivity (Wildman–Crippen MR) is 140 cm³/mol. The SMILES string of the molecule is CC1=CC(C)=NC(=O)C1CNC(=O)c1cc(C2CCN(CCO)CC2)cc2c1cnn2C1CCCC1. The summed E-state index contributed by atoms with van der Waals surface area (Å²) in [4.78, 5) is 32.4. The summed E-state index contributed by atoms with van der Waals surface area (Å²) in [5.74, 6) is -0.425. The van der Waals surface area contributed by atoms with Crippen LogP contribution >= 0.6 is 0 Å². The third kappa shape index (κ3) is 5.02. The lowest BCUT2D eigenvalue weighted by Crippen LogP contribution is -2.35. The molecular weight excluding hydrogens is 454 g/mol. The molecule has 8 heteroatoms. The second kappa shape index (κ2) is 10.6. The molecule has 3 aliphatic rings. The second-order valence-electron chi connectivity index (χ2n) is 10.6. The van der Waals surface area contributed by atoms with E-state index in [0.29, 0.717) is 29.8 Å². The Hall–Kier alpha value is -2.84. The molecule has 36 heavy (non-hydrogen) atoms. The number of nitrogens with one attached hydrogen (secondary N) is 1. The van der Waals surface area contributed by atoms with Crippen LogP contribution in [0.5, 0.6) is 0 Å². The summed E-state index contributed by atoms with van der Waals surface area (Å²) < 4.78 is 2.14.